The summed E-state index contributed by atoms with van der Waals surface area (Å²) < 4.78 is 5.13. The first kappa shape index (κ1) is 15.2. The predicted octanol–water partition coefficient (Wildman–Crippen LogP) is 2.10. The summed E-state index contributed by atoms with van der Waals surface area (Å²) in [5, 5.41) is 10.1. The minimum atomic E-state index is -1.10. The van der Waals surface area contributed by atoms with Crippen molar-refractivity contribution in [2.45, 2.75) is 25.7 Å². The van der Waals surface area contributed by atoms with Crippen molar-refractivity contribution in [3.8, 4) is 0 Å². The Balaban J connectivity index is 1.94. The Kier molecular flexibility index (Phi) is 5.09. The summed E-state index contributed by atoms with van der Waals surface area (Å²) in [7, 11) is 0. The molecule has 0 spiro atoms. The molecule has 0 unspecified atom stereocenters. The smallest absolute Gasteiger partial charge is 0.326 e. The lowest BCUT2D eigenvalue weighted by Gasteiger charge is -2.18. The van der Waals surface area contributed by atoms with Gasteiger partial charge >= 0.3 is 5.97 Å². The number of ether oxygens (including phenoxy) is 1. The van der Waals surface area contributed by atoms with E-state index in [2.05, 4.69) is 0 Å². The first-order valence-electron chi connectivity index (χ1n) is 6.78. The van der Waals surface area contributed by atoms with Crippen LogP contribution in [0.25, 0.3) is 0 Å². The highest BCUT2D eigenvalue weighted by molar-refractivity contribution is 5.76. The second-order valence-electron chi connectivity index (χ2n) is 4.97. The number of rotatable bonds is 5. The minimum absolute atomic E-state index is 0.147. The van der Waals surface area contributed by atoms with E-state index in [-0.39, 0.29) is 6.61 Å². The highest BCUT2D eigenvalue weighted by atomic mass is 16.5. The Labute approximate surface area is 124 Å². The lowest BCUT2D eigenvalue weighted by Crippen LogP contribution is -2.38. The molecule has 21 heavy (non-hydrogen) atoms. The van der Waals surface area contributed by atoms with E-state index in [1.54, 1.807) is 12.1 Å². The van der Waals surface area contributed by atoms with Crippen LogP contribution in [0.3, 0.4) is 0 Å². The van der Waals surface area contributed by atoms with Gasteiger partial charge in [-0.25, -0.2) is 0 Å². The second kappa shape index (κ2) is 7.02. The Bertz CT molecular complexity index is 581. The van der Waals surface area contributed by atoms with Gasteiger partial charge in [-0.15, -0.1) is 0 Å². The van der Waals surface area contributed by atoms with E-state index < -0.39 is 18.1 Å². The van der Waals surface area contributed by atoms with Gasteiger partial charge in [0.1, 0.15) is 18.8 Å². The lowest BCUT2D eigenvalue weighted by molar-refractivity contribution is -0.149. The third-order valence-electron chi connectivity index (χ3n) is 3.26. The molecule has 0 heterocycles. The fourth-order valence-corrected chi connectivity index (χ4v) is 1.92. The van der Waals surface area contributed by atoms with Gasteiger partial charge in [-0.1, -0.05) is 60.2 Å². The fraction of sp³-hybridized carbons (Fsp3) is 0.235. The average molecular weight is 285 g/mol. The average Bonchev–Trinajstić information content (AvgIpc) is 2.53. The van der Waals surface area contributed by atoms with E-state index in [9.17, 15) is 9.90 Å². The number of aryl methyl sites for hydroxylation is 1. The van der Waals surface area contributed by atoms with E-state index in [4.69, 9.17) is 10.5 Å². The number of carbonyl (C=O) groups excluding carboxylic acids is 1. The SMILES string of the molecule is Cc1ccc([C@@H](O)[C@H](N)C(=O)OCc2ccccc2)cc1. The molecule has 2 aromatic carbocycles. The van der Waals surface area contributed by atoms with Gasteiger partial charge in [0.2, 0.25) is 0 Å². The van der Waals surface area contributed by atoms with Gasteiger partial charge in [-0.2, -0.15) is 0 Å². The predicted molar refractivity (Wildman–Crippen MR) is 80.4 cm³/mol. The molecule has 2 rings (SSSR count). The highest BCUT2D eigenvalue weighted by Gasteiger charge is 2.25. The maximum Gasteiger partial charge on any atom is 0.326 e. The molecule has 0 saturated heterocycles. The van der Waals surface area contributed by atoms with Gasteiger partial charge in [0.25, 0.3) is 0 Å². The monoisotopic (exact) mass is 285 g/mol. The van der Waals surface area contributed by atoms with Gasteiger partial charge in [-0.05, 0) is 18.1 Å². The van der Waals surface area contributed by atoms with E-state index in [0.29, 0.717) is 5.56 Å². The van der Waals surface area contributed by atoms with Crippen molar-refractivity contribution in [2.75, 3.05) is 0 Å². The van der Waals surface area contributed by atoms with Crippen LogP contribution in [0.1, 0.15) is 22.8 Å². The van der Waals surface area contributed by atoms with E-state index in [1.807, 2.05) is 49.4 Å². The zero-order valence-corrected chi connectivity index (χ0v) is 11.9. The maximum atomic E-state index is 11.9. The third-order valence-corrected chi connectivity index (χ3v) is 3.26. The van der Waals surface area contributed by atoms with Crippen LogP contribution in [-0.2, 0) is 16.1 Å². The molecule has 0 aliphatic rings. The molecule has 0 aliphatic heterocycles. The molecule has 0 radical (unpaired) electrons. The van der Waals surface area contributed by atoms with Crippen molar-refractivity contribution in [3.63, 3.8) is 0 Å². The summed E-state index contributed by atoms with van der Waals surface area (Å²) in [6.45, 7) is 2.10. The normalized spacial score (nSPS) is 13.5. The van der Waals surface area contributed by atoms with Crippen LogP contribution in [-0.4, -0.2) is 17.1 Å². The number of carbonyl (C=O) groups is 1. The number of esters is 1. The molecule has 3 N–H and O–H groups in total. The summed E-state index contributed by atoms with van der Waals surface area (Å²) >= 11 is 0. The molecule has 0 fully saturated rings. The zero-order valence-electron chi connectivity index (χ0n) is 11.9. The van der Waals surface area contributed by atoms with E-state index in [0.717, 1.165) is 11.1 Å². The van der Waals surface area contributed by atoms with Gasteiger partial charge in [0, 0.05) is 0 Å². The molecule has 2 atom stereocenters. The number of benzene rings is 2. The molecule has 0 amide bonds. The quantitative estimate of drug-likeness (QED) is 0.825. The van der Waals surface area contributed by atoms with Crippen LogP contribution in [0.4, 0.5) is 0 Å². The standard InChI is InChI=1S/C17H19NO3/c1-12-7-9-14(10-8-12)16(19)15(18)17(20)21-11-13-5-3-2-4-6-13/h2-10,15-16,19H,11,18H2,1H3/t15-,16+/m0/s1. The largest absolute Gasteiger partial charge is 0.460 e. The number of aliphatic hydroxyl groups excluding tert-OH is 1. The Morgan fingerprint density at radius 2 is 1.76 bits per heavy atom. The van der Waals surface area contributed by atoms with Crippen LogP contribution >= 0.6 is 0 Å². The molecular weight excluding hydrogens is 266 g/mol. The lowest BCUT2D eigenvalue weighted by atomic mass is 10.0. The zero-order chi connectivity index (χ0) is 15.2. The van der Waals surface area contributed by atoms with Crippen LogP contribution in [0.5, 0.6) is 0 Å². The molecule has 0 bridgehead atoms. The molecule has 0 aromatic heterocycles. The van der Waals surface area contributed by atoms with Crippen molar-refractivity contribution >= 4 is 5.97 Å². The molecule has 4 heteroatoms. The van der Waals surface area contributed by atoms with Crippen molar-refractivity contribution in [3.05, 3.63) is 71.3 Å². The van der Waals surface area contributed by atoms with Crippen molar-refractivity contribution < 1.29 is 14.6 Å². The topological polar surface area (TPSA) is 72.5 Å². The first-order valence-corrected chi connectivity index (χ1v) is 6.78. The molecule has 110 valence electrons. The van der Waals surface area contributed by atoms with E-state index >= 15 is 0 Å². The van der Waals surface area contributed by atoms with Crippen LogP contribution in [0, 0.1) is 6.92 Å². The van der Waals surface area contributed by atoms with Crippen molar-refractivity contribution in [1.29, 1.82) is 0 Å². The second-order valence-corrected chi connectivity index (χ2v) is 4.97. The van der Waals surface area contributed by atoms with Crippen LogP contribution in [0.15, 0.2) is 54.6 Å². The number of nitrogens with two attached hydrogens (primary N) is 1. The number of hydrogen-bond acceptors (Lipinski definition) is 4. The minimum Gasteiger partial charge on any atom is -0.460 e. The maximum absolute atomic E-state index is 11.9. The highest BCUT2D eigenvalue weighted by Crippen LogP contribution is 2.17. The fourth-order valence-electron chi connectivity index (χ4n) is 1.92. The summed E-state index contributed by atoms with van der Waals surface area (Å²) in [6.07, 6.45) is -1.08. The van der Waals surface area contributed by atoms with Crippen LogP contribution in [0.2, 0.25) is 0 Å². The Hall–Kier alpha value is -2.17. The van der Waals surface area contributed by atoms with Crippen molar-refractivity contribution in [2.24, 2.45) is 5.73 Å². The molecule has 0 saturated carbocycles. The third kappa shape index (κ3) is 4.15. The molecular formula is C17H19NO3. The number of aliphatic hydroxyl groups is 1. The Morgan fingerprint density at radius 1 is 1.14 bits per heavy atom. The van der Waals surface area contributed by atoms with Gasteiger partial charge < -0.3 is 15.6 Å². The first-order chi connectivity index (χ1) is 10.1. The van der Waals surface area contributed by atoms with Gasteiger partial charge in [0.15, 0.2) is 0 Å². The summed E-state index contributed by atoms with van der Waals surface area (Å²) in [4.78, 5) is 11.9. The molecule has 0 aliphatic carbocycles. The van der Waals surface area contributed by atoms with Crippen molar-refractivity contribution in [1.82, 2.24) is 0 Å². The summed E-state index contributed by atoms with van der Waals surface area (Å²) in [6, 6.07) is 15.5. The molecule has 4 nitrogen and oxygen atoms in total. The van der Waals surface area contributed by atoms with Crippen LogP contribution < -0.4 is 5.73 Å². The number of hydrogen-bond donors (Lipinski definition) is 2. The molecule has 2 aromatic rings. The Morgan fingerprint density at radius 3 is 2.38 bits per heavy atom. The summed E-state index contributed by atoms with van der Waals surface area (Å²) in [5.74, 6) is -0.619. The van der Waals surface area contributed by atoms with E-state index in [1.165, 1.54) is 0 Å². The summed E-state index contributed by atoms with van der Waals surface area (Å²) in [5.41, 5.74) is 8.32. The van der Waals surface area contributed by atoms with Gasteiger partial charge in [-0.3, -0.25) is 4.79 Å². The van der Waals surface area contributed by atoms with Gasteiger partial charge in [0.05, 0.1) is 0 Å².